The molecule has 1 heterocycles. The van der Waals surface area contributed by atoms with Crippen molar-refractivity contribution in [3.05, 3.63) is 0 Å². The third kappa shape index (κ3) is 2.93. The summed E-state index contributed by atoms with van der Waals surface area (Å²) in [6.07, 6.45) is 3.86. The van der Waals surface area contributed by atoms with E-state index in [-0.39, 0.29) is 12.6 Å². The van der Waals surface area contributed by atoms with Crippen LogP contribution in [0.25, 0.3) is 0 Å². The van der Waals surface area contributed by atoms with Gasteiger partial charge in [0.05, 0.1) is 6.61 Å². The van der Waals surface area contributed by atoms with Gasteiger partial charge in [0.15, 0.2) is 0 Å². The third-order valence-electron chi connectivity index (χ3n) is 3.06. The molecule has 1 fully saturated rings. The maximum atomic E-state index is 8.89. The lowest BCUT2D eigenvalue weighted by Gasteiger charge is -2.40. The highest BCUT2D eigenvalue weighted by Crippen LogP contribution is 2.21. The van der Waals surface area contributed by atoms with E-state index in [4.69, 9.17) is 10.8 Å². The van der Waals surface area contributed by atoms with E-state index in [2.05, 4.69) is 18.7 Å². The minimum absolute atomic E-state index is 0.0806. The standard InChI is InChI=1S/C10H22N2O/c1-8-4-3-5-9(2)12(8)6-10(11)7-13/h8-10,13H,3-7,11H2,1-2H3/t8-,9+,10?. The van der Waals surface area contributed by atoms with Gasteiger partial charge in [0.2, 0.25) is 0 Å². The molecule has 0 aliphatic carbocycles. The number of likely N-dealkylation sites (tertiary alicyclic amines) is 1. The summed E-state index contributed by atoms with van der Waals surface area (Å²) in [6, 6.07) is 1.17. The van der Waals surface area contributed by atoms with Crippen LogP contribution in [-0.2, 0) is 0 Å². The van der Waals surface area contributed by atoms with Gasteiger partial charge in [0.25, 0.3) is 0 Å². The first-order valence-corrected chi connectivity index (χ1v) is 5.27. The van der Waals surface area contributed by atoms with Gasteiger partial charge in [-0.3, -0.25) is 4.90 Å². The van der Waals surface area contributed by atoms with Gasteiger partial charge in [0, 0.05) is 24.7 Å². The van der Waals surface area contributed by atoms with E-state index >= 15 is 0 Å². The van der Waals surface area contributed by atoms with Crippen LogP contribution in [0.2, 0.25) is 0 Å². The quantitative estimate of drug-likeness (QED) is 0.677. The zero-order valence-electron chi connectivity index (χ0n) is 8.74. The summed E-state index contributed by atoms with van der Waals surface area (Å²) in [7, 11) is 0. The second kappa shape index (κ2) is 4.94. The van der Waals surface area contributed by atoms with Crippen LogP contribution in [0, 0.1) is 0 Å². The molecule has 3 nitrogen and oxygen atoms in total. The Kier molecular flexibility index (Phi) is 4.16. The van der Waals surface area contributed by atoms with Crippen molar-refractivity contribution >= 4 is 0 Å². The monoisotopic (exact) mass is 186 g/mol. The molecular formula is C10H22N2O. The molecule has 78 valence electrons. The molecule has 0 saturated carbocycles. The van der Waals surface area contributed by atoms with Crippen LogP contribution in [0.3, 0.4) is 0 Å². The molecule has 0 bridgehead atoms. The van der Waals surface area contributed by atoms with Gasteiger partial charge in [-0.05, 0) is 26.7 Å². The van der Waals surface area contributed by atoms with E-state index in [0.717, 1.165) is 6.54 Å². The Labute approximate surface area is 80.9 Å². The van der Waals surface area contributed by atoms with Gasteiger partial charge >= 0.3 is 0 Å². The number of rotatable bonds is 3. The lowest BCUT2D eigenvalue weighted by Crippen LogP contribution is -2.50. The fourth-order valence-corrected chi connectivity index (χ4v) is 2.16. The van der Waals surface area contributed by atoms with Gasteiger partial charge in [-0.2, -0.15) is 0 Å². The van der Waals surface area contributed by atoms with Gasteiger partial charge in [-0.1, -0.05) is 6.42 Å². The Hall–Kier alpha value is -0.120. The SMILES string of the molecule is C[C@@H]1CCC[C@H](C)N1CC(N)CO. The first-order chi connectivity index (χ1) is 6.15. The highest BCUT2D eigenvalue weighted by atomic mass is 16.3. The molecule has 0 amide bonds. The Morgan fingerprint density at radius 2 is 1.92 bits per heavy atom. The van der Waals surface area contributed by atoms with Crippen molar-refractivity contribution in [2.24, 2.45) is 5.73 Å². The second-order valence-electron chi connectivity index (χ2n) is 4.27. The zero-order chi connectivity index (χ0) is 9.84. The van der Waals surface area contributed by atoms with E-state index in [1.807, 2.05) is 0 Å². The van der Waals surface area contributed by atoms with Gasteiger partial charge in [-0.15, -0.1) is 0 Å². The minimum atomic E-state index is -0.0806. The van der Waals surface area contributed by atoms with Crippen LogP contribution in [0.15, 0.2) is 0 Å². The highest BCUT2D eigenvalue weighted by molar-refractivity contribution is 4.82. The topological polar surface area (TPSA) is 49.5 Å². The van der Waals surface area contributed by atoms with E-state index in [1.54, 1.807) is 0 Å². The number of aliphatic hydroxyl groups excluding tert-OH is 1. The van der Waals surface area contributed by atoms with E-state index in [1.165, 1.54) is 19.3 Å². The molecule has 3 heteroatoms. The van der Waals surface area contributed by atoms with Gasteiger partial charge in [0.1, 0.15) is 0 Å². The molecule has 1 rings (SSSR count). The number of hydrogen-bond acceptors (Lipinski definition) is 3. The van der Waals surface area contributed by atoms with Crippen molar-refractivity contribution in [3.8, 4) is 0 Å². The average Bonchev–Trinajstić information content (AvgIpc) is 2.11. The summed E-state index contributed by atoms with van der Waals surface area (Å²) in [4.78, 5) is 2.42. The van der Waals surface area contributed by atoms with Crippen molar-refractivity contribution in [3.63, 3.8) is 0 Å². The molecule has 0 aromatic rings. The van der Waals surface area contributed by atoms with Gasteiger partial charge < -0.3 is 10.8 Å². The van der Waals surface area contributed by atoms with Crippen LogP contribution in [0.5, 0.6) is 0 Å². The van der Waals surface area contributed by atoms with Crippen molar-refractivity contribution in [1.82, 2.24) is 4.90 Å². The van der Waals surface area contributed by atoms with Crippen LogP contribution in [0.1, 0.15) is 33.1 Å². The predicted octanol–water partition coefficient (Wildman–Crippen LogP) is 0.569. The van der Waals surface area contributed by atoms with Crippen LogP contribution < -0.4 is 5.73 Å². The molecule has 1 saturated heterocycles. The Balaban J connectivity index is 2.43. The van der Waals surface area contributed by atoms with Crippen LogP contribution in [-0.4, -0.2) is 41.3 Å². The van der Waals surface area contributed by atoms with Crippen molar-refractivity contribution in [1.29, 1.82) is 0 Å². The molecule has 0 radical (unpaired) electrons. The summed E-state index contributed by atoms with van der Waals surface area (Å²) in [5.41, 5.74) is 5.74. The molecule has 1 aliphatic rings. The van der Waals surface area contributed by atoms with Crippen molar-refractivity contribution < 1.29 is 5.11 Å². The Bertz CT molecular complexity index is 142. The van der Waals surface area contributed by atoms with Crippen LogP contribution in [0.4, 0.5) is 0 Å². The third-order valence-corrected chi connectivity index (χ3v) is 3.06. The fourth-order valence-electron chi connectivity index (χ4n) is 2.16. The molecule has 0 spiro atoms. The van der Waals surface area contributed by atoms with Crippen LogP contribution >= 0.6 is 0 Å². The Morgan fingerprint density at radius 1 is 1.38 bits per heavy atom. The maximum absolute atomic E-state index is 8.89. The predicted molar refractivity (Wildman–Crippen MR) is 54.5 cm³/mol. The molecule has 1 aliphatic heterocycles. The number of nitrogens with two attached hydrogens (primary N) is 1. The van der Waals surface area contributed by atoms with Crippen molar-refractivity contribution in [2.75, 3.05) is 13.2 Å². The van der Waals surface area contributed by atoms with Gasteiger partial charge in [-0.25, -0.2) is 0 Å². The largest absolute Gasteiger partial charge is 0.395 e. The minimum Gasteiger partial charge on any atom is -0.395 e. The Morgan fingerprint density at radius 3 is 2.38 bits per heavy atom. The normalized spacial score (nSPS) is 33.2. The number of hydrogen-bond donors (Lipinski definition) is 2. The first-order valence-electron chi connectivity index (χ1n) is 5.27. The number of nitrogens with zero attached hydrogens (tertiary/aromatic N) is 1. The molecular weight excluding hydrogens is 164 g/mol. The summed E-state index contributed by atoms with van der Waals surface area (Å²) < 4.78 is 0. The van der Waals surface area contributed by atoms with E-state index in [9.17, 15) is 0 Å². The fraction of sp³-hybridized carbons (Fsp3) is 1.00. The maximum Gasteiger partial charge on any atom is 0.0595 e. The molecule has 1 unspecified atom stereocenters. The summed E-state index contributed by atoms with van der Waals surface area (Å²) in [5.74, 6) is 0. The first kappa shape index (κ1) is 11.0. The second-order valence-corrected chi connectivity index (χ2v) is 4.27. The number of piperidine rings is 1. The summed E-state index contributed by atoms with van der Waals surface area (Å²) in [6.45, 7) is 5.42. The van der Waals surface area contributed by atoms with E-state index in [0.29, 0.717) is 12.1 Å². The molecule has 0 aromatic heterocycles. The van der Waals surface area contributed by atoms with Crippen molar-refractivity contribution in [2.45, 2.75) is 51.2 Å². The molecule has 3 atom stereocenters. The molecule has 0 aromatic carbocycles. The highest BCUT2D eigenvalue weighted by Gasteiger charge is 2.25. The smallest absolute Gasteiger partial charge is 0.0595 e. The summed E-state index contributed by atoms with van der Waals surface area (Å²) >= 11 is 0. The lowest BCUT2D eigenvalue weighted by atomic mass is 9.97. The zero-order valence-corrected chi connectivity index (χ0v) is 8.74. The average molecular weight is 186 g/mol. The molecule has 13 heavy (non-hydrogen) atoms. The number of aliphatic hydroxyl groups is 1. The lowest BCUT2D eigenvalue weighted by molar-refractivity contribution is 0.0858. The molecule has 3 N–H and O–H groups in total. The summed E-state index contributed by atoms with van der Waals surface area (Å²) in [5, 5.41) is 8.89. The van der Waals surface area contributed by atoms with E-state index < -0.39 is 0 Å².